The first-order chi connectivity index (χ1) is 11.0. The van der Waals surface area contributed by atoms with E-state index in [4.69, 9.17) is 4.99 Å². The van der Waals surface area contributed by atoms with Crippen LogP contribution < -0.4 is 10.1 Å². The van der Waals surface area contributed by atoms with Crippen molar-refractivity contribution in [2.24, 2.45) is 4.99 Å². The zero-order valence-corrected chi connectivity index (χ0v) is 14.7. The molecule has 0 aliphatic heterocycles. The van der Waals surface area contributed by atoms with Crippen molar-refractivity contribution in [2.75, 3.05) is 0 Å². The Morgan fingerprint density at radius 1 is 1.35 bits per heavy atom. The Morgan fingerprint density at radius 2 is 2.13 bits per heavy atom. The van der Waals surface area contributed by atoms with E-state index in [1.165, 1.54) is 24.0 Å². The van der Waals surface area contributed by atoms with Crippen LogP contribution in [-0.2, 0) is 24.2 Å². The van der Waals surface area contributed by atoms with E-state index in [9.17, 15) is 4.79 Å². The Hall–Kier alpha value is -1.88. The van der Waals surface area contributed by atoms with Gasteiger partial charge in [-0.3, -0.25) is 4.79 Å². The average Bonchev–Trinajstić information content (AvgIpc) is 3.07. The first kappa shape index (κ1) is 16.0. The number of aromatic nitrogens is 1. The molecule has 0 unspecified atom stereocenters. The van der Waals surface area contributed by atoms with E-state index < -0.39 is 0 Å². The fourth-order valence-corrected chi connectivity index (χ4v) is 3.84. The molecular formula is C18H23N3OS. The van der Waals surface area contributed by atoms with E-state index >= 15 is 0 Å². The standard InChI is InChI=1S/C18H23N3OS/c1-12(2)19-17(22)10-21-13(3)11-23-18(21)20-16-8-7-14-5-4-6-15(14)9-16/h7-9,11-12H,4-6,10H2,1-3H3,(H,19,22). The molecular weight excluding hydrogens is 306 g/mol. The molecule has 1 heterocycles. The van der Waals surface area contributed by atoms with Gasteiger partial charge in [-0.1, -0.05) is 6.07 Å². The number of thiazole rings is 1. The topological polar surface area (TPSA) is 46.4 Å². The fourth-order valence-electron chi connectivity index (χ4n) is 2.94. The van der Waals surface area contributed by atoms with Crippen LogP contribution in [0, 0.1) is 6.92 Å². The molecule has 0 saturated carbocycles. The fraction of sp³-hybridized carbons (Fsp3) is 0.444. The van der Waals surface area contributed by atoms with Crippen LogP contribution in [0.2, 0.25) is 0 Å². The molecule has 3 rings (SSSR count). The van der Waals surface area contributed by atoms with Gasteiger partial charge in [-0.2, -0.15) is 0 Å². The SMILES string of the molecule is Cc1csc(=Nc2ccc3c(c2)CCC3)n1CC(=O)NC(C)C. The number of fused-ring (bicyclic) bond motifs is 1. The molecule has 1 aromatic carbocycles. The Balaban J connectivity index is 1.89. The van der Waals surface area contributed by atoms with Gasteiger partial charge in [-0.05, 0) is 63.3 Å². The molecule has 0 fully saturated rings. The molecule has 0 saturated heterocycles. The van der Waals surface area contributed by atoms with Gasteiger partial charge in [-0.25, -0.2) is 4.99 Å². The number of amides is 1. The van der Waals surface area contributed by atoms with Crippen molar-refractivity contribution in [3.63, 3.8) is 0 Å². The van der Waals surface area contributed by atoms with E-state index in [2.05, 4.69) is 28.9 Å². The van der Waals surface area contributed by atoms with Crippen molar-refractivity contribution < 1.29 is 4.79 Å². The summed E-state index contributed by atoms with van der Waals surface area (Å²) in [6.45, 7) is 6.27. The Labute approximate surface area is 140 Å². The summed E-state index contributed by atoms with van der Waals surface area (Å²) in [5, 5.41) is 4.99. The predicted molar refractivity (Wildman–Crippen MR) is 94.0 cm³/mol. The second kappa shape index (κ2) is 6.71. The molecule has 0 bridgehead atoms. The number of nitrogens with zero attached hydrogens (tertiary/aromatic N) is 2. The van der Waals surface area contributed by atoms with Crippen LogP contribution in [0.25, 0.3) is 0 Å². The average molecular weight is 329 g/mol. The number of nitrogens with one attached hydrogen (secondary N) is 1. The minimum atomic E-state index is 0.0249. The highest BCUT2D eigenvalue weighted by Crippen LogP contribution is 2.26. The molecule has 0 spiro atoms. The van der Waals surface area contributed by atoms with Gasteiger partial charge in [0.1, 0.15) is 6.54 Å². The van der Waals surface area contributed by atoms with Crippen molar-refractivity contribution in [1.82, 2.24) is 9.88 Å². The molecule has 0 radical (unpaired) electrons. The summed E-state index contributed by atoms with van der Waals surface area (Å²) in [4.78, 5) is 17.7. The zero-order chi connectivity index (χ0) is 16.4. The molecule has 122 valence electrons. The predicted octanol–water partition coefficient (Wildman–Crippen LogP) is 3.10. The lowest BCUT2D eigenvalue weighted by Gasteiger charge is -2.10. The van der Waals surface area contributed by atoms with Gasteiger partial charge in [0.2, 0.25) is 5.91 Å². The number of benzene rings is 1. The zero-order valence-electron chi connectivity index (χ0n) is 13.9. The van der Waals surface area contributed by atoms with Gasteiger partial charge in [0, 0.05) is 17.1 Å². The third-order valence-electron chi connectivity index (χ3n) is 4.05. The van der Waals surface area contributed by atoms with Gasteiger partial charge in [0.15, 0.2) is 4.80 Å². The van der Waals surface area contributed by atoms with Gasteiger partial charge in [0.05, 0.1) is 5.69 Å². The quantitative estimate of drug-likeness (QED) is 0.920. The first-order valence-corrected chi connectivity index (χ1v) is 9.02. The molecule has 5 heteroatoms. The summed E-state index contributed by atoms with van der Waals surface area (Å²) in [6, 6.07) is 6.62. The Bertz CT molecular complexity index is 786. The van der Waals surface area contributed by atoms with Crippen LogP contribution >= 0.6 is 11.3 Å². The van der Waals surface area contributed by atoms with Crippen molar-refractivity contribution in [2.45, 2.75) is 52.6 Å². The second-order valence-corrected chi connectivity index (χ2v) is 7.22. The molecule has 1 aromatic heterocycles. The van der Waals surface area contributed by atoms with Crippen LogP contribution in [0.3, 0.4) is 0 Å². The summed E-state index contributed by atoms with van der Waals surface area (Å²) in [6.07, 6.45) is 3.58. The van der Waals surface area contributed by atoms with E-state index in [-0.39, 0.29) is 11.9 Å². The maximum atomic E-state index is 12.1. The number of carbonyl (C=O) groups excluding carboxylic acids is 1. The number of aryl methyl sites for hydroxylation is 3. The highest BCUT2D eigenvalue weighted by molar-refractivity contribution is 7.07. The molecule has 0 atom stereocenters. The maximum absolute atomic E-state index is 12.1. The van der Waals surface area contributed by atoms with E-state index in [1.54, 1.807) is 11.3 Å². The highest BCUT2D eigenvalue weighted by atomic mass is 32.1. The number of rotatable bonds is 4. The minimum Gasteiger partial charge on any atom is -0.352 e. The third kappa shape index (κ3) is 3.72. The van der Waals surface area contributed by atoms with Gasteiger partial charge >= 0.3 is 0 Å². The van der Waals surface area contributed by atoms with E-state index in [0.717, 1.165) is 22.6 Å². The summed E-state index contributed by atoms with van der Waals surface area (Å²) in [5.41, 5.74) is 4.92. The highest BCUT2D eigenvalue weighted by Gasteiger charge is 2.11. The summed E-state index contributed by atoms with van der Waals surface area (Å²) >= 11 is 1.58. The monoisotopic (exact) mass is 329 g/mol. The van der Waals surface area contributed by atoms with Gasteiger partial charge in [-0.15, -0.1) is 11.3 Å². The second-order valence-electron chi connectivity index (χ2n) is 6.39. The Morgan fingerprint density at radius 3 is 2.91 bits per heavy atom. The van der Waals surface area contributed by atoms with Crippen molar-refractivity contribution >= 4 is 22.9 Å². The van der Waals surface area contributed by atoms with E-state index in [1.807, 2.05) is 25.3 Å². The van der Waals surface area contributed by atoms with Crippen LogP contribution in [0.1, 0.15) is 37.1 Å². The minimum absolute atomic E-state index is 0.0249. The normalized spacial score (nSPS) is 14.3. The lowest BCUT2D eigenvalue weighted by Crippen LogP contribution is -2.35. The number of hydrogen-bond acceptors (Lipinski definition) is 3. The lowest BCUT2D eigenvalue weighted by molar-refractivity contribution is -0.122. The number of hydrogen-bond donors (Lipinski definition) is 1. The molecule has 1 amide bonds. The summed E-state index contributed by atoms with van der Waals surface area (Å²) < 4.78 is 1.98. The summed E-state index contributed by atoms with van der Waals surface area (Å²) in [7, 11) is 0. The van der Waals surface area contributed by atoms with Crippen LogP contribution in [0.5, 0.6) is 0 Å². The van der Waals surface area contributed by atoms with Crippen LogP contribution in [0.15, 0.2) is 28.6 Å². The largest absolute Gasteiger partial charge is 0.352 e. The maximum Gasteiger partial charge on any atom is 0.240 e. The summed E-state index contributed by atoms with van der Waals surface area (Å²) in [5.74, 6) is 0.0249. The Kier molecular flexibility index (Phi) is 4.66. The molecule has 2 aromatic rings. The molecule has 23 heavy (non-hydrogen) atoms. The molecule has 4 nitrogen and oxygen atoms in total. The first-order valence-electron chi connectivity index (χ1n) is 8.14. The van der Waals surface area contributed by atoms with Crippen LogP contribution in [0.4, 0.5) is 5.69 Å². The van der Waals surface area contributed by atoms with Crippen molar-refractivity contribution in [1.29, 1.82) is 0 Å². The van der Waals surface area contributed by atoms with Gasteiger partial charge < -0.3 is 9.88 Å². The van der Waals surface area contributed by atoms with Crippen molar-refractivity contribution in [3.8, 4) is 0 Å². The third-order valence-corrected chi connectivity index (χ3v) is 5.03. The smallest absolute Gasteiger partial charge is 0.240 e. The van der Waals surface area contributed by atoms with E-state index in [0.29, 0.717) is 6.54 Å². The molecule has 1 aliphatic carbocycles. The molecule has 1 N–H and O–H groups in total. The molecule has 1 aliphatic rings. The number of carbonyl (C=O) groups is 1. The van der Waals surface area contributed by atoms with Crippen LogP contribution in [-0.4, -0.2) is 16.5 Å². The lowest BCUT2D eigenvalue weighted by atomic mass is 10.1. The van der Waals surface area contributed by atoms with Gasteiger partial charge in [0.25, 0.3) is 0 Å². The van der Waals surface area contributed by atoms with Crippen molar-refractivity contribution in [3.05, 3.63) is 45.2 Å².